The Morgan fingerprint density at radius 1 is 1.21 bits per heavy atom. The van der Waals surface area contributed by atoms with Gasteiger partial charge < -0.3 is 14.8 Å². The van der Waals surface area contributed by atoms with Crippen LogP contribution in [0, 0.1) is 11.8 Å². The third-order valence-electron chi connectivity index (χ3n) is 4.23. The fraction of sp³-hybridized carbons (Fsp3) is 0.500. The molecular weight excluding hydrogens is 238 g/mol. The minimum atomic E-state index is 0.330. The molecule has 1 aromatic heterocycles. The van der Waals surface area contributed by atoms with Gasteiger partial charge in [-0.2, -0.15) is 0 Å². The van der Waals surface area contributed by atoms with Gasteiger partial charge in [-0.25, -0.2) is 0 Å². The van der Waals surface area contributed by atoms with E-state index >= 15 is 0 Å². The predicted molar refractivity (Wildman–Crippen MR) is 75.8 cm³/mol. The first-order valence-corrected chi connectivity index (χ1v) is 7.16. The van der Waals surface area contributed by atoms with Gasteiger partial charge in [-0.1, -0.05) is 24.6 Å². The minimum Gasteiger partial charge on any atom is -0.460 e. The number of benzene rings is 1. The van der Waals surface area contributed by atoms with Crippen LogP contribution in [-0.2, 0) is 6.54 Å². The molecule has 19 heavy (non-hydrogen) atoms. The first-order chi connectivity index (χ1) is 9.36. The Bertz CT molecular complexity index is 501. The molecule has 1 fully saturated rings. The zero-order valence-corrected chi connectivity index (χ0v) is 11.1. The summed E-state index contributed by atoms with van der Waals surface area (Å²) in [5, 5.41) is 13.9. The molecule has 2 aromatic rings. The fourth-order valence-electron chi connectivity index (χ4n) is 3.13. The van der Waals surface area contributed by atoms with Crippen molar-refractivity contribution in [3.8, 4) is 0 Å². The number of hydrogen-bond acceptors (Lipinski definition) is 3. The summed E-state index contributed by atoms with van der Waals surface area (Å²) >= 11 is 0. The van der Waals surface area contributed by atoms with Crippen LogP contribution in [0.1, 0.15) is 25.0 Å². The van der Waals surface area contributed by atoms with Crippen LogP contribution in [-0.4, -0.2) is 18.3 Å². The third kappa shape index (κ3) is 2.82. The molecule has 1 aliphatic rings. The smallest absolute Gasteiger partial charge is 0.134 e. The van der Waals surface area contributed by atoms with Gasteiger partial charge in [-0.05, 0) is 43.4 Å². The van der Waals surface area contributed by atoms with Crippen molar-refractivity contribution in [2.45, 2.75) is 25.8 Å². The van der Waals surface area contributed by atoms with Crippen LogP contribution in [0.15, 0.2) is 34.7 Å². The lowest BCUT2D eigenvalue weighted by molar-refractivity contribution is 0.192. The lowest BCUT2D eigenvalue weighted by atomic mass is 9.97. The maximum Gasteiger partial charge on any atom is 0.134 e. The molecule has 2 unspecified atom stereocenters. The van der Waals surface area contributed by atoms with Crippen LogP contribution in [0.5, 0.6) is 0 Å². The highest BCUT2D eigenvalue weighted by Gasteiger charge is 2.25. The molecule has 3 nitrogen and oxygen atoms in total. The number of rotatable bonds is 5. The number of nitrogens with one attached hydrogen (secondary N) is 1. The van der Waals surface area contributed by atoms with E-state index < -0.39 is 0 Å². The van der Waals surface area contributed by atoms with E-state index in [-0.39, 0.29) is 0 Å². The van der Waals surface area contributed by atoms with Crippen molar-refractivity contribution >= 4 is 11.0 Å². The second-order valence-corrected chi connectivity index (χ2v) is 5.52. The van der Waals surface area contributed by atoms with Gasteiger partial charge in [0.25, 0.3) is 0 Å². The van der Waals surface area contributed by atoms with E-state index in [4.69, 9.17) is 4.42 Å². The van der Waals surface area contributed by atoms with Crippen LogP contribution in [0.2, 0.25) is 0 Å². The van der Waals surface area contributed by atoms with E-state index in [0.29, 0.717) is 18.4 Å². The summed E-state index contributed by atoms with van der Waals surface area (Å²) in [6, 6.07) is 10.2. The van der Waals surface area contributed by atoms with Crippen LogP contribution < -0.4 is 5.32 Å². The monoisotopic (exact) mass is 259 g/mol. The van der Waals surface area contributed by atoms with Crippen molar-refractivity contribution < 1.29 is 9.52 Å². The SMILES string of the molecule is OCC1CCCC1CNCc1cc2ccccc2o1. The topological polar surface area (TPSA) is 45.4 Å². The minimum absolute atomic E-state index is 0.330. The molecule has 0 amide bonds. The number of para-hydroxylation sites is 1. The van der Waals surface area contributed by atoms with Crippen molar-refractivity contribution in [1.29, 1.82) is 0 Å². The quantitative estimate of drug-likeness (QED) is 0.867. The zero-order valence-electron chi connectivity index (χ0n) is 11.1. The Labute approximate surface area is 113 Å². The zero-order chi connectivity index (χ0) is 13.1. The van der Waals surface area contributed by atoms with Crippen LogP contribution in [0.3, 0.4) is 0 Å². The number of fused-ring (bicyclic) bond motifs is 1. The van der Waals surface area contributed by atoms with Crippen LogP contribution in [0.25, 0.3) is 11.0 Å². The van der Waals surface area contributed by atoms with Crippen molar-refractivity contribution in [2.24, 2.45) is 11.8 Å². The van der Waals surface area contributed by atoms with Gasteiger partial charge in [0.1, 0.15) is 11.3 Å². The summed E-state index contributed by atoms with van der Waals surface area (Å²) in [5.74, 6) is 2.09. The van der Waals surface area contributed by atoms with Gasteiger partial charge in [0.05, 0.1) is 6.54 Å². The van der Waals surface area contributed by atoms with E-state index in [1.165, 1.54) is 19.3 Å². The summed E-state index contributed by atoms with van der Waals surface area (Å²) < 4.78 is 5.77. The van der Waals surface area contributed by atoms with Crippen molar-refractivity contribution in [1.82, 2.24) is 5.32 Å². The molecule has 0 saturated heterocycles. The van der Waals surface area contributed by atoms with Crippen LogP contribution >= 0.6 is 0 Å². The first-order valence-electron chi connectivity index (χ1n) is 7.16. The molecule has 1 aromatic carbocycles. The molecule has 0 bridgehead atoms. The van der Waals surface area contributed by atoms with Gasteiger partial charge in [0.2, 0.25) is 0 Å². The Kier molecular flexibility index (Phi) is 3.85. The number of aliphatic hydroxyl groups is 1. The summed E-state index contributed by atoms with van der Waals surface area (Å²) in [6.45, 7) is 2.07. The average molecular weight is 259 g/mol. The molecule has 0 spiro atoms. The molecule has 102 valence electrons. The van der Waals surface area contributed by atoms with E-state index in [1.807, 2.05) is 18.2 Å². The molecule has 1 aliphatic carbocycles. The highest BCUT2D eigenvalue weighted by molar-refractivity contribution is 5.77. The summed E-state index contributed by atoms with van der Waals surface area (Å²) in [5.41, 5.74) is 0.952. The Morgan fingerprint density at radius 2 is 2.05 bits per heavy atom. The molecule has 0 radical (unpaired) electrons. The largest absolute Gasteiger partial charge is 0.460 e. The van der Waals surface area contributed by atoms with Crippen molar-refractivity contribution in [3.63, 3.8) is 0 Å². The molecule has 0 aliphatic heterocycles. The average Bonchev–Trinajstić information content (AvgIpc) is 3.04. The number of aliphatic hydroxyl groups excluding tert-OH is 1. The summed E-state index contributed by atoms with van der Waals surface area (Å²) in [6.07, 6.45) is 3.66. The van der Waals surface area contributed by atoms with Crippen LogP contribution in [0.4, 0.5) is 0 Å². The van der Waals surface area contributed by atoms with Crippen molar-refractivity contribution in [2.75, 3.05) is 13.2 Å². The molecule has 2 N–H and O–H groups in total. The molecular formula is C16H21NO2. The van der Waals surface area contributed by atoms with Gasteiger partial charge in [0.15, 0.2) is 0 Å². The lowest BCUT2D eigenvalue weighted by Crippen LogP contribution is -2.26. The molecule has 1 saturated carbocycles. The normalized spacial score (nSPS) is 23.2. The van der Waals surface area contributed by atoms with E-state index in [9.17, 15) is 5.11 Å². The molecule has 1 heterocycles. The number of hydrogen-bond donors (Lipinski definition) is 2. The predicted octanol–water partition coefficient (Wildman–Crippen LogP) is 2.93. The highest BCUT2D eigenvalue weighted by atomic mass is 16.3. The highest BCUT2D eigenvalue weighted by Crippen LogP contribution is 2.30. The Morgan fingerprint density at radius 3 is 2.89 bits per heavy atom. The second kappa shape index (κ2) is 5.76. The van der Waals surface area contributed by atoms with Gasteiger partial charge in [-0.15, -0.1) is 0 Å². The third-order valence-corrected chi connectivity index (χ3v) is 4.23. The maximum absolute atomic E-state index is 9.30. The van der Waals surface area contributed by atoms with Crippen molar-refractivity contribution in [3.05, 3.63) is 36.1 Å². The summed E-state index contributed by atoms with van der Waals surface area (Å²) in [4.78, 5) is 0. The molecule has 3 heteroatoms. The Balaban J connectivity index is 1.54. The summed E-state index contributed by atoms with van der Waals surface area (Å²) in [7, 11) is 0. The van der Waals surface area contributed by atoms with E-state index in [2.05, 4.69) is 17.4 Å². The number of furan rings is 1. The lowest BCUT2D eigenvalue weighted by Gasteiger charge is -2.17. The van der Waals surface area contributed by atoms with Gasteiger partial charge >= 0.3 is 0 Å². The standard InChI is InChI=1S/C16H21NO2/c18-11-14-6-3-5-13(14)9-17-10-15-8-12-4-1-2-7-16(12)19-15/h1-2,4,7-8,13-14,17-18H,3,5-6,9-11H2. The fourth-order valence-corrected chi connectivity index (χ4v) is 3.13. The first kappa shape index (κ1) is 12.7. The van der Waals surface area contributed by atoms with E-state index in [1.54, 1.807) is 0 Å². The molecule has 2 atom stereocenters. The van der Waals surface area contributed by atoms with E-state index in [0.717, 1.165) is 29.8 Å². The van der Waals surface area contributed by atoms with Gasteiger partial charge in [0, 0.05) is 12.0 Å². The molecule has 3 rings (SSSR count). The Hall–Kier alpha value is -1.32. The maximum atomic E-state index is 9.30. The second-order valence-electron chi connectivity index (χ2n) is 5.52. The van der Waals surface area contributed by atoms with Gasteiger partial charge in [-0.3, -0.25) is 0 Å².